The van der Waals surface area contributed by atoms with Gasteiger partial charge in [-0.1, -0.05) is 13.3 Å². The molecule has 2 saturated carbocycles. The number of nitrogens with one attached hydrogen (secondary N) is 2. The van der Waals surface area contributed by atoms with Crippen molar-refractivity contribution in [3.63, 3.8) is 0 Å². The summed E-state index contributed by atoms with van der Waals surface area (Å²) in [6.45, 7) is 4.04. The Labute approximate surface area is 110 Å². The van der Waals surface area contributed by atoms with Crippen LogP contribution in [0.15, 0.2) is 0 Å². The molecule has 0 spiro atoms. The Kier molecular flexibility index (Phi) is 3.35. The molecule has 4 unspecified atom stereocenters. The smallest absolute Gasteiger partial charge is 0.240 e. The van der Waals surface area contributed by atoms with Crippen LogP contribution in [0.1, 0.15) is 51.9 Å². The van der Waals surface area contributed by atoms with Gasteiger partial charge in [0, 0.05) is 6.54 Å². The van der Waals surface area contributed by atoms with Crippen LogP contribution in [0.25, 0.3) is 0 Å². The van der Waals surface area contributed by atoms with Gasteiger partial charge in [0.05, 0.1) is 5.54 Å². The third kappa shape index (κ3) is 2.07. The summed E-state index contributed by atoms with van der Waals surface area (Å²) in [6, 6.07) is 0. The van der Waals surface area contributed by atoms with Crippen LogP contribution in [0.2, 0.25) is 0 Å². The Morgan fingerprint density at radius 3 is 2.83 bits per heavy atom. The van der Waals surface area contributed by atoms with Crippen LogP contribution in [-0.4, -0.2) is 24.5 Å². The van der Waals surface area contributed by atoms with Crippen molar-refractivity contribution in [2.45, 2.75) is 57.4 Å². The Balaban J connectivity index is 1.52. The Hall–Kier alpha value is -0.570. The lowest BCUT2D eigenvalue weighted by molar-refractivity contribution is -0.127. The van der Waals surface area contributed by atoms with Crippen LogP contribution in [0, 0.1) is 17.8 Å². The molecule has 1 amide bonds. The fraction of sp³-hybridized carbons (Fsp3) is 0.933. The van der Waals surface area contributed by atoms with Gasteiger partial charge in [-0.2, -0.15) is 0 Å². The second-order valence-corrected chi connectivity index (χ2v) is 6.61. The van der Waals surface area contributed by atoms with E-state index in [0.29, 0.717) is 0 Å². The average Bonchev–Trinajstić information content (AvgIpc) is 3.11. The van der Waals surface area contributed by atoms with Gasteiger partial charge < -0.3 is 10.6 Å². The minimum absolute atomic E-state index is 0.252. The Bertz CT molecular complexity index is 322. The summed E-state index contributed by atoms with van der Waals surface area (Å²) < 4.78 is 0. The summed E-state index contributed by atoms with van der Waals surface area (Å²) in [5.41, 5.74) is -0.252. The first-order valence-corrected chi connectivity index (χ1v) is 7.77. The summed E-state index contributed by atoms with van der Waals surface area (Å²) in [7, 11) is 0. The lowest BCUT2D eigenvalue weighted by atomic mass is 9.88. The number of carbonyl (C=O) groups excluding carboxylic acids is 1. The standard InChI is InChI=1S/C15H26N2O/c1-2-15(6-3-7-17-15)14(18)16-10-13-9-11-4-5-12(13)8-11/h11-13,17H,2-10H2,1H3,(H,16,18). The first-order valence-electron chi connectivity index (χ1n) is 7.77. The second-order valence-electron chi connectivity index (χ2n) is 6.61. The van der Waals surface area contributed by atoms with Crippen LogP contribution in [0.4, 0.5) is 0 Å². The third-order valence-electron chi connectivity index (χ3n) is 5.69. The summed E-state index contributed by atoms with van der Waals surface area (Å²) in [5.74, 6) is 2.90. The molecule has 1 aliphatic heterocycles. The topological polar surface area (TPSA) is 41.1 Å². The fourth-order valence-electron chi connectivity index (χ4n) is 4.48. The van der Waals surface area contributed by atoms with E-state index in [2.05, 4.69) is 17.6 Å². The number of fused-ring (bicyclic) bond motifs is 2. The molecular weight excluding hydrogens is 224 g/mol. The summed E-state index contributed by atoms with van der Waals surface area (Å²) >= 11 is 0. The monoisotopic (exact) mass is 250 g/mol. The van der Waals surface area contributed by atoms with E-state index in [9.17, 15) is 4.79 Å². The van der Waals surface area contributed by atoms with E-state index >= 15 is 0 Å². The molecule has 3 heteroatoms. The van der Waals surface area contributed by atoms with Crippen molar-refractivity contribution >= 4 is 5.91 Å². The van der Waals surface area contributed by atoms with Crippen molar-refractivity contribution in [1.29, 1.82) is 0 Å². The molecule has 1 saturated heterocycles. The summed E-state index contributed by atoms with van der Waals surface area (Å²) in [6.07, 6.45) is 8.68. The van der Waals surface area contributed by atoms with Gasteiger partial charge in [-0.25, -0.2) is 0 Å². The fourth-order valence-corrected chi connectivity index (χ4v) is 4.48. The van der Waals surface area contributed by atoms with E-state index in [1.807, 2.05) is 0 Å². The predicted octanol–water partition coefficient (Wildman–Crippen LogP) is 2.07. The second kappa shape index (κ2) is 4.84. The first kappa shape index (κ1) is 12.5. The van der Waals surface area contributed by atoms with Crippen molar-refractivity contribution in [3.8, 4) is 0 Å². The lowest BCUT2D eigenvalue weighted by Crippen LogP contribution is -2.54. The van der Waals surface area contributed by atoms with Crippen molar-refractivity contribution in [3.05, 3.63) is 0 Å². The number of hydrogen-bond acceptors (Lipinski definition) is 2. The Morgan fingerprint density at radius 2 is 2.28 bits per heavy atom. The van der Waals surface area contributed by atoms with Gasteiger partial charge in [0.1, 0.15) is 0 Å². The van der Waals surface area contributed by atoms with E-state index < -0.39 is 0 Å². The summed E-state index contributed by atoms with van der Waals surface area (Å²) in [4.78, 5) is 12.4. The molecule has 2 N–H and O–H groups in total. The Morgan fingerprint density at radius 1 is 1.39 bits per heavy atom. The zero-order valence-corrected chi connectivity index (χ0v) is 11.5. The average molecular weight is 250 g/mol. The van der Waals surface area contributed by atoms with Gasteiger partial charge in [0.2, 0.25) is 5.91 Å². The van der Waals surface area contributed by atoms with Crippen LogP contribution in [0.3, 0.4) is 0 Å². The van der Waals surface area contributed by atoms with E-state index in [1.54, 1.807) is 0 Å². The minimum atomic E-state index is -0.252. The highest BCUT2D eigenvalue weighted by molar-refractivity contribution is 5.86. The highest BCUT2D eigenvalue weighted by Gasteiger charge is 2.42. The molecule has 3 rings (SSSR count). The maximum absolute atomic E-state index is 12.4. The minimum Gasteiger partial charge on any atom is -0.354 e. The normalized spacial score (nSPS) is 42.4. The van der Waals surface area contributed by atoms with Crippen LogP contribution in [0.5, 0.6) is 0 Å². The van der Waals surface area contributed by atoms with Crippen LogP contribution >= 0.6 is 0 Å². The van der Waals surface area contributed by atoms with E-state index in [4.69, 9.17) is 0 Å². The van der Waals surface area contributed by atoms with Crippen molar-refractivity contribution in [1.82, 2.24) is 10.6 Å². The van der Waals surface area contributed by atoms with Gasteiger partial charge in [0.15, 0.2) is 0 Å². The van der Waals surface area contributed by atoms with E-state index in [-0.39, 0.29) is 11.4 Å². The lowest BCUT2D eigenvalue weighted by Gasteiger charge is -2.29. The van der Waals surface area contributed by atoms with Gasteiger partial charge in [-0.15, -0.1) is 0 Å². The molecule has 0 aromatic carbocycles. The first-order chi connectivity index (χ1) is 8.73. The molecule has 0 radical (unpaired) electrons. The number of hydrogen-bond donors (Lipinski definition) is 2. The molecular formula is C15H26N2O. The molecule has 4 atom stereocenters. The molecule has 0 aromatic rings. The van der Waals surface area contributed by atoms with Crippen LogP contribution < -0.4 is 10.6 Å². The third-order valence-corrected chi connectivity index (χ3v) is 5.69. The molecule has 3 aliphatic rings. The van der Waals surface area contributed by atoms with Gasteiger partial charge >= 0.3 is 0 Å². The van der Waals surface area contributed by atoms with Gasteiger partial charge in [-0.3, -0.25) is 4.79 Å². The van der Waals surface area contributed by atoms with Crippen molar-refractivity contribution in [2.75, 3.05) is 13.1 Å². The molecule has 102 valence electrons. The van der Waals surface area contributed by atoms with Gasteiger partial charge in [-0.05, 0) is 62.8 Å². The highest BCUT2D eigenvalue weighted by atomic mass is 16.2. The molecule has 2 bridgehead atoms. The quantitative estimate of drug-likeness (QED) is 0.802. The van der Waals surface area contributed by atoms with Crippen molar-refractivity contribution < 1.29 is 4.79 Å². The summed E-state index contributed by atoms with van der Waals surface area (Å²) in [5, 5.41) is 6.66. The molecule has 0 aromatic heterocycles. The number of rotatable bonds is 4. The SMILES string of the molecule is CCC1(C(=O)NCC2CC3CCC2C3)CCCN1. The maximum atomic E-state index is 12.4. The number of amides is 1. The molecule has 1 heterocycles. The number of carbonyl (C=O) groups is 1. The maximum Gasteiger partial charge on any atom is 0.240 e. The highest BCUT2D eigenvalue weighted by Crippen LogP contribution is 2.47. The van der Waals surface area contributed by atoms with Crippen LogP contribution in [-0.2, 0) is 4.79 Å². The van der Waals surface area contributed by atoms with E-state index in [1.165, 1.54) is 25.7 Å². The molecule has 3 nitrogen and oxygen atoms in total. The molecule has 2 aliphatic carbocycles. The van der Waals surface area contributed by atoms with Gasteiger partial charge in [0.25, 0.3) is 0 Å². The zero-order chi connectivity index (χ0) is 12.6. The molecule has 18 heavy (non-hydrogen) atoms. The molecule has 3 fully saturated rings. The predicted molar refractivity (Wildman–Crippen MR) is 72.2 cm³/mol. The van der Waals surface area contributed by atoms with E-state index in [0.717, 1.165) is 50.1 Å². The van der Waals surface area contributed by atoms with Crippen molar-refractivity contribution in [2.24, 2.45) is 17.8 Å². The zero-order valence-electron chi connectivity index (χ0n) is 11.5. The largest absolute Gasteiger partial charge is 0.354 e.